The fourth-order valence-electron chi connectivity index (χ4n) is 7.68. The lowest BCUT2D eigenvalue weighted by Gasteiger charge is -2.26. The van der Waals surface area contributed by atoms with Gasteiger partial charge in [0.15, 0.2) is 0 Å². The number of aliphatic carboxylic acids is 1. The Hall–Kier alpha value is -9.76. The van der Waals surface area contributed by atoms with Gasteiger partial charge in [-0.2, -0.15) is 12.6 Å². The molecule has 10 atom stereocenters. The molecule has 0 aromatic rings. The van der Waals surface area contributed by atoms with Crippen LogP contribution in [0.1, 0.15) is 113 Å². The van der Waals surface area contributed by atoms with Gasteiger partial charge in [-0.15, -0.1) is 0 Å². The smallest absolute Gasteiger partial charge is 0.325 e. The molecule has 18 amide bonds. The van der Waals surface area contributed by atoms with Crippen molar-refractivity contribution in [2.75, 3.05) is 51.6 Å². The number of nitrogens with one attached hydrogen (secondary N) is 16. The van der Waals surface area contributed by atoms with Crippen LogP contribution in [0.25, 0.3) is 0 Å². The third-order valence-electron chi connectivity index (χ3n) is 13.0. The van der Waals surface area contributed by atoms with Gasteiger partial charge < -0.3 is 107 Å². The number of thiol groups is 1. The van der Waals surface area contributed by atoms with Gasteiger partial charge in [0.05, 0.1) is 32.7 Å². The SMILES string of the molecule is CC(=O)N[C@@H](C)C(=O)N[C@H](CCC(N)=O)C(=O)N[C@@H](CCCCN)C(=O)N[C@H](C)C(=O)NCC(=O)NCC(=O)NCC(=O)NCC(=O)NCC(=O)NCCCC[C@H](NC(=O)[C@@H](CCC(N)=O)NC(=O)[C@H](C)NC(=O)[C@H](CS)NC(C)=O)C(=O)N[C@H](C)C(=O)N[C@H](C)C(=O)O. The molecule has 0 fully saturated rings. The van der Waals surface area contributed by atoms with E-state index in [9.17, 15) is 96.2 Å². The van der Waals surface area contributed by atoms with Crippen molar-refractivity contribution in [3.8, 4) is 0 Å². The predicted octanol–water partition coefficient (Wildman–Crippen LogP) is -10.5. The molecule has 0 aliphatic heterocycles. The Labute approximate surface area is 546 Å². The lowest BCUT2D eigenvalue weighted by molar-refractivity contribution is -0.141. The molecule has 0 bridgehead atoms. The summed E-state index contributed by atoms with van der Waals surface area (Å²) < 4.78 is 0. The van der Waals surface area contributed by atoms with E-state index in [2.05, 4.69) is 97.7 Å². The lowest BCUT2D eigenvalue weighted by Crippen LogP contribution is -2.59. The number of unbranched alkanes of at least 4 members (excludes halogenated alkanes) is 2. The first-order valence-electron chi connectivity index (χ1n) is 29.7. The maximum absolute atomic E-state index is 13.7. The van der Waals surface area contributed by atoms with E-state index < -0.39 is 212 Å². The topological polar surface area (TPSA) is 615 Å². The Morgan fingerprint density at radius 3 is 1.00 bits per heavy atom. The van der Waals surface area contributed by atoms with E-state index in [1.165, 1.54) is 41.5 Å². The van der Waals surface area contributed by atoms with Crippen molar-refractivity contribution < 1.29 is 96.2 Å². The highest BCUT2D eigenvalue weighted by atomic mass is 32.1. The van der Waals surface area contributed by atoms with Crippen molar-refractivity contribution in [3.05, 3.63) is 0 Å². The first kappa shape index (κ1) is 84.2. The molecule has 0 heterocycles. The molecule has 23 N–H and O–H groups in total. The molecule has 40 heteroatoms. The maximum Gasteiger partial charge on any atom is 0.325 e. The summed E-state index contributed by atoms with van der Waals surface area (Å²) in [4.78, 5) is 238. The summed E-state index contributed by atoms with van der Waals surface area (Å²) in [5.74, 6) is -16.2. The molecule has 0 aliphatic carbocycles. The zero-order valence-corrected chi connectivity index (χ0v) is 54.3. The fraction of sp³-hybridized carbons (Fsp3) is 0.648. The van der Waals surface area contributed by atoms with Gasteiger partial charge >= 0.3 is 5.97 Å². The maximum atomic E-state index is 13.7. The van der Waals surface area contributed by atoms with Gasteiger partial charge in [-0.05, 0) is 92.5 Å². The Morgan fingerprint density at radius 1 is 0.340 bits per heavy atom. The van der Waals surface area contributed by atoms with E-state index >= 15 is 0 Å². The van der Waals surface area contributed by atoms with Crippen LogP contribution in [0, 0.1) is 0 Å². The van der Waals surface area contributed by atoms with E-state index in [4.69, 9.17) is 17.2 Å². The van der Waals surface area contributed by atoms with Gasteiger partial charge in [-0.3, -0.25) is 91.1 Å². The minimum absolute atomic E-state index is 0.0315. The number of hydrogen-bond donors (Lipinski definition) is 21. The third kappa shape index (κ3) is 37.5. The average molecular weight is 1360 g/mol. The standard InChI is InChI=1S/C54H91N19O20S/c1-26(65-49(87)33(12-8-10-18-55)72-51(89)35(14-16-38(56)76)70-47(85)27(2)64-31(6)74)45(83)63-24-44(82)62-23-43(81)61-22-42(80)60-21-41(79)59-20-40(78)58-19-11-9-13-34(50(88)66-28(3)46(84)68-30(5)54(92)93)73-52(90)36(15-17-39(57)77)71-48(86)29(4)67-53(91)37(25-94)69-32(7)75/h26-30,33-37,94H,8-25,55H2,1-7H3,(H2,56,76)(H2,57,77)(H,58,78)(H,59,79)(H,60,80)(H,61,81)(H,62,82)(H,63,83)(H,64,74)(H,65,87)(H,66,88)(H,67,91)(H,68,84)(H,69,75)(H,70,85)(H,71,86)(H,72,89)(H,73,90)(H,92,93)/t26-,27+,28-,29+,30-,33+,34+,35-,36-,37+/m1/s1. The first-order valence-corrected chi connectivity index (χ1v) is 30.3. The number of carbonyl (C=O) groups excluding carboxylic acids is 18. The summed E-state index contributed by atoms with van der Waals surface area (Å²) >= 11 is 4.02. The number of carboxylic acid groups (broad SMARTS) is 1. The largest absolute Gasteiger partial charge is 0.480 e. The highest BCUT2D eigenvalue weighted by Gasteiger charge is 2.33. The minimum atomic E-state index is -1.53. The Bertz CT molecular complexity index is 2720. The molecular weight excluding hydrogens is 1270 g/mol. The summed E-state index contributed by atoms with van der Waals surface area (Å²) in [5, 5.41) is 46.6. The third-order valence-corrected chi connectivity index (χ3v) is 13.3. The second kappa shape index (κ2) is 45.5. The van der Waals surface area contributed by atoms with Crippen LogP contribution >= 0.6 is 12.6 Å². The average Bonchev–Trinajstić information content (AvgIpc) is 0.925. The first-order chi connectivity index (χ1) is 44.0. The molecule has 94 heavy (non-hydrogen) atoms. The normalized spacial score (nSPS) is 13.8. The van der Waals surface area contributed by atoms with Crippen molar-refractivity contribution in [3.63, 3.8) is 0 Å². The number of nitrogens with two attached hydrogens (primary N) is 3. The summed E-state index contributed by atoms with van der Waals surface area (Å²) in [7, 11) is 0. The molecule has 0 aliphatic rings. The van der Waals surface area contributed by atoms with Gasteiger partial charge in [0.1, 0.15) is 60.4 Å². The van der Waals surface area contributed by atoms with E-state index in [0.717, 1.165) is 6.92 Å². The molecule has 0 aromatic heterocycles. The molecule has 0 saturated heterocycles. The molecule has 0 spiro atoms. The summed E-state index contributed by atoms with van der Waals surface area (Å²) in [6.45, 7) is 5.61. The predicted molar refractivity (Wildman–Crippen MR) is 332 cm³/mol. The molecular formula is C54H91N19O20S. The van der Waals surface area contributed by atoms with E-state index in [1.807, 2.05) is 0 Å². The molecule has 0 radical (unpaired) electrons. The molecule has 0 rings (SSSR count). The van der Waals surface area contributed by atoms with Gasteiger partial charge in [-0.1, -0.05) is 0 Å². The van der Waals surface area contributed by atoms with E-state index in [0.29, 0.717) is 12.8 Å². The summed E-state index contributed by atoms with van der Waals surface area (Å²) in [6.07, 6.45) is -0.523. The number of carbonyl (C=O) groups is 19. The second-order valence-corrected chi connectivity index (χ2v) is 21.7. The molecule has 0 unspecified atom stereocenters. The zero-order chi connectivity index (χ0) is 71.8. The summed E-state index contributed by atoms with van der Waals surface area (Å²) in [5.41, 5.74) is 16.1. The van der Waals surface area contributed by atoms with Crippen molar-refractivity contribution in [2.45, 2.75) is 173 Å². The number of hydrogen-bond acceptors (Lipinski definition) is 21. The van der Waals surface area contributed by atoms with Crippen molar-refractivity contribution in [2.24, 2.45) is 17.2 Å². The number of rotatable bonds is 46. The number of carboxylic acids is 1. The van der Waals surface area contributed by atoms with Gasteiger partial charge in [0.25, 0.3) is 0 Å². The van der Waals surface area contributed by atoms with E-state index in [1.54, 1.807) is 0 Å². The van der Waals surface area contributed by atoms with Crippen molar-refractivity contribution >= 4 is 125 Å². The van der Waals surface area contributed by atoms with Gasteiger partial charge in [0, 0.05) is 39.0 Å². The highest BCUT2D eigenvalue weighted by Crippen LogP contribution is 2.08. The van der Waals surface area contributed by atoms with Gasteiger partial charge in [-0.25, -0.2) is 0 Å². The quantitative estimate of drug-likeness (QED) is 0.0199. The van der Waals surface area contributed by atoms with Crippen LogP contribution < -0.4 is 102 Å². The van der Waals surface area contributed by atoms with Crippen LogP contribution in [0.4, 0.5) is 0 Å². The lowest BCUT2D eigenvalue weighted by atomic mass is 10.1. The van der Waals surface area contributed by atoms with Crippen LogP contribution in [0.15, 0.2) is 0 Å². The van der Waals surface area contributed by atoms with Crippen LogP contribution in [-0.4, -0.2) is 229 Å². The Kier molecular flexibility index (Phi) is 40.8. The van der Waals surface area contributed by atoms with Crippen LogP contribution in [0.5, 0.6) is 0 Å². The zero-order valence-electron chi connectivity index (χ0n) is 53.4. The number of amides is 18. The van der Waals surface area contributed by atoms with Crippen LogP contribution in [0.3, 0.4) is 0 Å². The van der Waals surface area contributed by atoms with Crippen molar-refractivity contribution in [1.29, 1.82) is 0 Å². The van der Waals surface area contributed by atoms with Gasteiger partial charge in [0.2, 0.25) is 106 Å². The second-order valence-electron chi connectivity index (χ2n) is 21.3. The minimum Gasteiger partial charge on any atom is -0.480 e. The fourth-order valence-corrected chi connectivity index (χ4v) is 7.93. The monoisotopic (exact) mass is 1360 g/mol. The van der Waals surface area contributed by atoms with Crippen molar-refractivity contribution in [1.82, 2.24) is 85.1 Å². The van der Waals surface area contributed by atoms with Crippen LogP contribution in [0.2, 0.25) is 0 Å². The molecule has 0 aromatic carbocycles. The Morgan fingerprint density at radius 2 is 0.638 bits per heavy atom. The Balaban J connectivity index is 5.32. The summed E-state index contributed by atoms with van der Waals surface area (Å²) in [6, 6.07) is -13.1. The molecule has 0 saturated carbocycles. The molecule has 39 nitrogen and oxygen atoms in total. The molecule has 528 valence electrons. The number of primary amides is 2. The highest BCUT2D eigenvalue weighted by molar-refractivity contribution is 7.80. The van der Waals surface area contributed by atoms with Crippen LogP contribution in [-0.2, 0) is 91.1 Å². The van der Waals surface area contributed by atoms with E-state index in [-0.39, 0.29) is 63.8 Å².